The van der Waals surface area contributed by atoms with Gasteiger partial charge in [-0.05, 0) is 25.7 Å². The molecule has 0 spiro atoms. The Hall–Kier alpha value is 0.310. The Balaban J connectivity index is 0.00000176. The maximum Gasteiger partial charge on any atom is 0.191 e. The average molecular weight is 438 g/mol. The zero-order valence-corrected chi connectivity index (χ0v) is 16.9. The molecule has 1 heterocycles. The largest absolute Gasteiger partial charge is 0.355 e. The number of guanidine groups is 1. The highest BCUT2D eigenvalue weighted by Crippen LogP contribution is 2.34. The summed E-state index contributed by atoms with van der Waals surface area (Å²) < 4.78 is 0. The molecule has 0 aromatic carbocycles. The molecule has 1 saturated heterocycles. The van der Waals surface area contributed by atoms with Gasteiger partial charge in [-0.15, -0.1) is 24.0 Å². The molecule has 2 N–H and O–H groups in total. The van der Waals surface area contributed by atoms with Crippen molar-refractivity contribution in [3.8, 4) is 0 Å². The molecule has 0 amide bonds. The number of hydrogen-bond donors (Lipinski definition) is 2. The number of nitrogens with zero attached hydrogens (tertiary/aromatic N) is 2. The Morgan fingerprint density at radius 3 is 2.45 bits per heavy atom. The van der Waals surface area contributed by atoms with Crippen molar-refractivity contribution in [2.75, 3.05) is 38.2 Å². The summed E-state index contributed by atoms with van der Waals surface area (Å²) in [7, 11) is 1.89. The van der Waals surface area contributed by atoms with E-state index in [1.54, 1.807) is 0 Å². The summed E-state index contributed by atoms with van der Waals surface area (Å²) in [6.07, 6.45) is 9.50. The number of aliphatic imine (C=N–C) groups is 1. The first-order valence-electron chi connectivity index (χ1n) is 8.62. The lowest BCUT2D eigenvalue weighted by molar-refractivity contribution is 0.0626. The molecular weight excluding hydrogens is 407 g/mol. The molecule has 0 aromatic rings. The van der Waals surface area contributed by atoms with Crippen LogP contribution < -0.4 is 10.6 Å². The third kappa shape index (κ3) is 4.90. The quantitative estimate of drug-likeness (QED) is 0.402. The topological polar surface area (TPSA) is 39.7 Å². The van der Waals surface area contributed by atoms with Gasteiger partial charge in [0.25, 0.3) is 0 Å². The van der Waals surface area contributed by atoms with Crippen LogP contribution in [-0.2, 0) is 0 Å². The summed E-state index contributed by atoms with van der Waals surface area (Å²) in [5.74, 6) is 3.61. The zero-order valence-electron chi connectivity index (χ0n) is 13.8. The van der Waals surface area contributed by atoms with Gasteiger partial charge in [-0.25, -0.2) is 0 Å². The van der Waals surface area contributed by atoms with E-state index in [2.05, 4.69) is 32.3 Å². The third-order valence-electron chi connectivity index (χ3n) is 5.19. The first-order valence-corrected chi connectivity index (χ1v) is 9.78. The predicted octanol–water partition coefficient (Wildman–Crippen LogP) is 2.68. The molecule has 0 atom stereocenters. The highest BCUT2D eigenvalue weighted by Gasteiger charge is 2.38. The van der Waals surface area contributed by atoms with E-state index in [0.29, 0.717) is 11.6 Å². The molecule has 22 heavy (non-hydrogen) atoms. The van der Waals surface area contributed by atoms with Gasteiger partial charge in [-0.1, -0.05) is 19.3 Å². The van der Waals surface area contributed by atoms with Crippen molar-refractivity contribution in [1.29, 1.82) is 0 Å². The minimum atomic E-state index is 0. The van der Waals surface area contributed by atoms with E-state index >= 15 is 0 Å². The minimum absolute atomic E-state index is 0. The third-order valence-corrected chi connectivity index (χ3v) is 6.14. The van der Waals surface area contributed by atoms with Crippen molar-refractivity contribution in [1.82, 2.24) is 15.5 Å². The molecule has 1 aliphatic heterocycles. The zero-order chi connectivity index (χ0) is 14.5. The monoisotopic (exact) mass is 438 g/mol. The summed E-state index contributed by atoms with van der Waals surface area (Å²) in [6.45, 7) is 3.59. The molecule has 2 saturated carbocycles. The van der Waals surface area contributed by atoms with E-state index in [0.717, 1.165) is 12.5 Å². The maximum absolute atomic E-state index is 4.40. The number of nitrogens with one attached hydrogen (secondary N) is 2. The van der Waals surface area contributed by atoms with Crippen molar-refractivity contribution >= 4 is 41.7 Å². The lowest BCUT2D eigenvalue weighted by Crippen LogP contribution is -2.59. The molecule has 6 heteroatoms. The van der Waals surface area contributed by atoms with Crippen molar-refractivity contribution in [2.45, 2.75) is 56.5 Å². The molecule has 0 unspecified atom stereocenters. The SMILES string of the molecule is CN=C(NCC1(N2CCSCC2)CCCCC1)NC1CC1.I. The standard InChI is InChI=1S/C16H30N4S.HI/c1-17-15(19-14-5-6-14)18-13-16(7-3-2-4-8-16)20-9-11-21-12-10-20;/h14H,2-13H2,1H3,(H2,17,18,19);1H. The molecule has 3 fully saturated rings. The van der Waals surface area contributed by atoms with Crippen LogP contribution in [-0.4, -0.2) is 60.6 Å². The van der Waals surface area contributed by atoms with E-state index in [9.17, 15) is 0 Å². The van der Waals surface area contributed by atoms with Crippen LogP contribution in [0.15, 0.2) is 4.99 Å². The fourth-order valence-corrected chi connectivity index (χ4v) is 4.62. The average Bonchev–Trinajstić information content (AvgIpc) is 3.37. The Kier molecular flexibility index (Phi) is 7.60. The Morgan fingerprint density at radius 2 is 1.86 bits per heavy atom. The van der Waals surface area contributed by atoms with Crippen LogP contribution in [0.2, 0.25) is 0 Å². The Labute approximate surface area is 156 Å². The van der Waals surface area contributed by atoms with Gasteiger partial charge in [-0.3, -0.25) is 9.89 Å². The number of halogens is 1. The number of hydrogen-bond acceptors (Lipinski definition) is 3. The summed E-state index contributed by atoms with van der Waals surface area (Å²) in [5.41, 5.74) is 0.375. The van der Waals surface area contributed by atoms with Crippen molar-refractivity contribution in [2.24, 2.45) is 4.99 Å². The van der Waals surface area contributed by atoms with E-state index in [-0.39, 0.29) is 24.0 Å². The van der Waals surface area contributed by atoms with Crippen LogP contribution in [0, 0.1) is 0 Å². The normalized spacial score (nSPS) is 26.1. The van der Waals surface area contributed by atoms with Gasteiger partial charge in [0.05, 0.1) is 0 Å². The molecule has 2 aliphatic carbocycles. The first kappa shape index (κ1) is 18.6. The van der Waals surface area contributed by atoms with Gasteiger partial charge in [0.15, 0.2) is 5.96 Å². The lowest BCUT2D eigenvalue weighted by atomic mass is 9.80. The molecule has 0 bridgehead atoms. The van der Waals surface area contributed by atoms with E-state index in [1.165, 1.54) is 69.5 Å². The summed E-state index contributed by atoms with van der Waals surface area (Å²) >= 11 is 2.11. The molecule has 3 aliphatic rings. The highest BCUT2D eigenvalue weighted by atomic mass is 127. The van der Waals surface area contributed by atoms with Crippen LogP contribution in [0.5, 0.6) is 0 Å². The van der Waals surface area contributed by atoms with Crippen molar-refractivity contribution in [3.63, 3.8) is 0 Å². The molecule has 4 nitrogen and oxygen atoms in total. The van der Waals surface area contributed by atoms with Crippen LogP contribution in [0.1, 0.15) is 44.9 Å². The van der Waals surface area contributed by atoms with Gasteiger partial charge in [0, 0.05) is 49.8 Å². The van der Waals surface area contributed by atoms with Gasteiger partial charge in [0.2, 0.25) is 0 Å². The molecule has 0 radical (unpaired) electrons. The van der Waals surface area contributed by atoms with Gasteiger partial charge in [0.1, 0.15) is 0 Å². The lowest BCUT2D eigenvalue weighted by Gasteiger charge is -2.48. The van der Waals surface area contributed by atoms with E-state index in [4.69, 9.17) is 0 Å². The second kappa shape index (κ2) is 8.97. The summed E-state index contributed by atoms with van der Waals surface area (Å²) in [4.78, 5) is 7.18. The number of thioether (sulfide) groups is 1. The second-order valence-electron chi connectivity index (χ2n) is 6.73. The summed E-state index contributed by atoms with van der Waals surface area (Å²) in [5, 5.41) is 7.16. The van der Waals surface area contributed by atoms with Crippen LogP contribution in [0.4, 0.5) is 0 Å². The van der Waals surface area contributed by atoms with Gasteiger partial charge >= 0.3 is 0 Å². The first-order chi connectivity index (χ1) is 10.3. The van der Waals surface area contributed by atoms with Gasteiger partial charge in [-0.2, -0.15) is 11.8 Å². The molecule has 128 valence electrons. The number of rotatable bonds is 4. The molecule has 0 aromatic heterocycles. The van der Waals surface area contributed by atoms with Crippen molar-refractivity contribution < 1.29 is 0 Å². The Bertz CT molecular complexity index is 361. The maximum atomic E-state index is 4.40. The molecular formula is C16H31IN4S. The van der Waals surface area contributed by atoms with E-state index in [1.807, 2.05) is 7.05 Å². The van der Waals surface area contributed by atoms with E-state index < -0.39 is 0 Å². The summed E-state index contributed by atoms with van der Waals surface area (Å²) in [6, 6.07) is 0.671. The predicted molar refractivity (Wildman–Crippen MR) is 108 cm³/mol. The minimum Gasteiger partial charge on any atom is -0.355 e. The van der Waals surface area contributed by atoms with Crippen LogP contribution in [0.3, 0.4) is 0 Å². The Morgan fingerprint density at radius 1 is 1.18 bits per heavy atom. The smallest absolute Gasteiger partial charge is 0.191 e. The van der Waals surface area contributed by atoms with Crippen LogP contribution in [0.25, 0.3) is 0 Å². The molecule has 3 rings (SSSR count). The van der Waals surface area contributed by atoms with Crippen molar-refractivity contribution in [3.05, 3.63) is 0 Å². The highest BCUT2D eigenvalue weighted by molar-refractivity contribution is 14.0. The van der Waals surface area contributed by atoms with Crippen LogP contribution >= 0.6 is 35.7 Å². The van der Waals surface area contributed by atoms with Gasteiger partial charge < -0.3 is 10.6 Å². The fourth-order valence-electron chi connectivity index (χ4n) is 3.72. The fraction of sp³-hybridized carbons (Fsp3) is 0.938. The second-order valence-corrected chi connectivity index (χ2v) is 7.95.